The molecule has 132 valence electrons. The number of anilines is 2. The van der Waals surface area contributed by atoms with Crippen LogP contribution in [0.1, 0.15) is 11.1 Å². The average molecular weight is 386 g/mol. The molecule has 0 aliphatic carbocycles. The molecule has 1 aromatic heterocycles. The molecule has 0 aliphatic heterocycles. The molecule has 0 aliphatic rings. The van der Waals surface area contributed by atoms with E-state index in [4.69, 9.17) is 23.2 Å². The number of halogens is 2. The average Bonchev–Trinajstić information content (AvgIpc) is 2.64. The van der Waals surface area contributed by atoms with E-state index in [1.54, 1.807) is 24.4 Å². The molecule has 3 rings (SSSR count). The first-order valence-electron chi connectivity index (χ1n) is 8.08. The number of nitrogens with one attached hydrogen (secondary N) is 2. The summed E-state index contributed by atoms with van der Waals surface area (Å²) in [5.41, 5.74) is 2.75. The predicted molar refractivity (Wildman–Crippen MR) is 107 cm³/mol. The van der Waals surface area contributed by atoms with Gasteiger partial charge in [-0.2, -0.15) is 0 Å². The molecule has 0 unspecified atom stereocenters. The minimum Gasteiger partial charge on any atom is -0.380 e. The Bertz CT molecular complexity index is 880. The van der Waals surface area contributed by atoms with Crippen LogP contribution in [0.2, 0.25) is 10.0 Å². The van der Waals surface area contributed by atoms with Gasteiger partial charge in [0.2, 0.25) is 5.91 Å². The third-order valence-corrected chi connectivity index (χ3v) is 4.37. The van der Waals surface area contributed by atoms with Crippen molar-refractivity contribution in [2.24, 2.45) is 0 Å². The third-order valence-electron chi connectivity index (χ3n) is 3.75. The molecule has 0 bridgehead atoms. The Hall–Kier alpha value is -2.56. The largest absolute Gasteiger partial charge is 0.380 e. The van der Waals surface area contributed by atoms with Gasteiger partial charge < -0.3 is 10.6 Å². The first-order valence-corrected chi connectivity index (χ1v) is 8.83. The van der Waals surface area contributed by atoms with Crippen LogP contribution < -0.4 is 10.6 Å². The second-order valence-corrected chi connectivity index (χ2v) is 6.57. The van der Waals surface area contributed by atoms with Gasteiger partial charge in [-0.3, -0.25) is 4.79 Å². The van der Waals surface area contributed by atoms with Gasteiger partial charge in [0.15, 0.2) is 0 Å². The highest BCUT2D eigenvalue weighted by Gasteiger charge is 2.05. The number of pyridine rings is 1. The molecule has 0 fully saturated rings. The van der Waals surface area contributed by atoms with Crippen molar-refractivity contribution in [3.8, 4) is 0 Å². The SMILES string of the molecule is O=C(Cc1ccc(Cl)cc1)Nc1ccc(NCc2ccccc2Cl)cn1. The maximum absolute atomic E-state index is 12.1. The number of benzene rings is 2. The number of carbonyl (C=O) groups is 1. The van der Waals surface area contributed by atoms with Gasteiger partial charge in [0.25, 0.3) is 0 Å². The molecule has 0 radical (unpaired) electrons. The van der Waals surface area contributed by atoms with Crippen molar-refractivity contribution < 1.29 is 4.79 Å². The van der Waals surface area contributed by atoms with Crippen molar-refractivity contribution in [1.29, 1.82) is 0 Å². The van der Waals surface area contributed by atoms with Gasteiger partial charge in [0.05, 0.1) is 18.3 Å². The highest BCUT2D eigenvalue weighted by Crippen LogP contribution is 2.17. The number of carbonyl (C=O) groups excluding carboxylic acids is 1. The van der Waals surface area contributed by atoms with E-state index in [2.05, 4.69) is 15.6 Å². The highest BCUT2D eigenvalue weighted by atomic mass is 35.5. The fourth-order valence-corrected chi connectivity index (χ4v) is 2.71. The Labute approximate surface area is 162 Å². The molecule has 0 atom stereocenters. The summed E-state index contributed by atoms with van der Waals surface area (Å²) in [4.78, 5) is 16.3. The Kier molecular flexibility index (Phi) is 6.10. The summed E-state index contributed by atoms with van der Waals surface area (Å²) in [6.07, 6.45) is 1.94. The van der Waals surface area contributed by atoms with Gasteiger partial charge in [-0.15, -0.1) is 0 Å². The van der Waals surface area contributed by atoms with E-state index in [-0.39, 0.29) is 12.3 Å². The maximum atomic E-state index is 12.1. The molecule has 0 saturated carbocycles. The number of aromatic nitrogens is 1. The monoisotopic (exact) mass is 385 g/mol. The van der Waals surface area contributed by atoms with Crippen molar-refractivity contribution in [3.05, 3.63) is 88.0 Å². The standard InChI is InChI=1S/C20H17Cl2N3O/c21-16-7-5-14(6-8-16)11-20(26)25-19-10-9-17(13-24-19)23-12-15-3-1-2-4-18(15)22/h1-10,13,23H,11-12H2,(H,24,25,26). The van der Waals surface area contributed by atoms with E-state index in [0.717, 1.165) is 21.8 Å². The molecule has 1 heterocycles. The van der Waals surface area contributed by atoms with Crippen LogP contribution in [0.15, 0.2) is 66.9 Å². The van der Waals surface area contributed by atoms with Crippen LogP contribution in [0.3, 0.4) is 0 Å². The molecule has 1 amide bonds. The van der Waals surface area contributed by atoms with Gasteiger partial charge in [-0.1, -0.05) is 53.5 Å². The Morgan fingerprint density at radius 1 is 0.962 bits per heavy atom. The minimum atomic E-state index is -0.128. The quantitative estimate of drug-likeness (QED) is 0.614. The molecule has 3 aromatic rings. The lowest BCUT2D eigenvalue weighted by Crippen LogP contribution is -2.15. The molecule has 0 spiro atoms. The van der Waals surface area contributed by atoms with Crippen LogP contribution in [-0.2, 0) is 17.8 Å². The molecule has 2 aromatic carbocycles. The first kappa shape index (κ1) is 18.2. The van der Waals surface area contributed by atoms with Gasteiger partial charge in [0, 0.05) is 16.6 Å². The molecular formula is C20H17Cl2N3O. The Balaban J connectivity index is 1.53. The molecule has 26 heavy (non-hydrogen) atoms. The second-order valence-electron chi connectivity index (χ2n) is 5.73. The Morgan fingerprint density at radius 3 is 2.42 bits per heavy atom. The number of nitrogens with zero attached hydrogens (tertiary/aromatic N) is 1. The lowest BCUT2D eigenvalue weighted by Gasteiger charge is -2.09. The topological polar surface area (TPSA) is 54.0 Å². The summed E-state index contributed by atoms with van der Waals surface area (Å²) < 4.78 is 0. The van der Waals surface area contributed by atoms with Crippen molar-refractivity contribution in [3.63, 3.8) is 0 Å². The van der Waals surface area contributed by atoms with E-state index in [9.17, 15) is 4.79 Å². The van der Waals surface area contributed by atoms with Crippen molar-refractivity contribution >= 4 is 40.6 Å². The van der Waals surface area contributed by atoms with Gasteiger partial charge >= 0.3 is 0 Å². The molecular weight excluding hydrogens is 369 g/mol. The van der Waals surface area contributed by atoms with Crippen LogP contribution in [0.4, 0.5) is 11.5 Å². The van der Waals surface area contributed by atoms with Crippen LogP contribution >= 0.6 is 23.2 Å². The zero-order chi connectivity index (χ0) is 18.4. The van der Waals surface area contributed by atoms with E-state index >= 15 is 0 Å². The van der Waals surface area contributed by atoms with Crippen LogP contribution in [0, 0.1) is 0 Å². The second kappa shape index (κ2) is 8.70. The summed E-state index contributed by atoms with van der Waals surface area (Å²) in [7, 11) is 0. The number of rotatable bonds is 6. The molecule has 4 nitrogen and oxygen atoms in total. The highest BCUT2D eigenvalue weighted by molar-refractivity contribution is 6.31. The summed E-state index contributed by atoms with van der Waals surface area (Å²) >= 11 is 12.0. The van der Waals surface area contributed by atoms with Gasteiger partial charge in [-0.05, 0) is 41.5 Å². The molecule has 0 saturated heterocycles. The lowest BCUT2D eigenvalue weighted by molar-refractivity contribution is -0.115. The van der Waals surface area contributed by atoms with Crippen LogP contribution in [0.5, 0.6) is 0 Å². The maximum Gasteiger partial charge on any atom is 0.229 e. The number of hydrogen-bond acceptors (Lipinski definition) is 3. The van der Waals surface area contributed by atoms with Crippen molar-refractivity contribution in [2.75, 3.05) is 10.6 Å². The van der Waals surface area contributed by atoms with E-state index in [1.165, 1.54) is 0 Å². The third kappa shape index (κ3) is 5.22. The summed E-state index contributed by atoms with van der Waals surface area (Å²) in [6, 6.07) is 18.5. The number of amides is 1. The summed E-state index contributed by atoms with van der Waals surface area (Å²) in [5, 5.41) is 7.41. The number of hydrogen-bond donors (Lipinski definition) is 2. The minimum absolute atomic E-state index is 0.128. The fraction of sp³-hybridized carbons (Fsp3) is 0.100. The van der Waals surface area contributed by atoms with Crippen molar-refractivity contribution in [1.82, 2.24) is 4.98 Å². The lowest BCUT2D eigenvalue weighted by atomic mass is 10.1. The fourth-order valence-electron chi connectivity index (χ4n) is 2.39. The van der Waals surface area contributed by atoms with Crippen LogP contribution in [-0.4, -0.2) is 10.9 Å². The Morgan fingerprint density at radius 2 is 1.73 bits per heavy atom. The smallest absolute Gasteiger partial charge is 0.229 e. The van der Waals surface area contributed by atoms with Crippen molar-refractivity contribution in [2.45, 2.75) is 13.0 Å². The van der Waals surface area contributed by atoms with Crippen LogP contribution in [0.25, 0.3) is 0 Å². The first-order chi connectivity index (χ1) is 12.6. The van der Waals surface area contributed by atoms with Gasteiger partial charge in [0.1, 0.15) is 5.82 Å². The zero-order valence-corrected chi connectivity index (χ0v) is 15.4. The summed E-state index contributed by atoms with van der Waals surface area (Å²) in [6.45, 7) is 0.601. The van der Waals surface area contributed by atoms with Gasteiger partial charge in [-0.25, -0.2) is 4.98 Å². The zero-order valence-electron chi connectivity index (χ0n) is 13.9. The van der Waals surface area contributed by atoms with E-state index in [0.29, 0.717) is 17.4 Å². The normalized spacial score (nSPS) is 10.4. The van der Waals surface area contributed by atoms with E-state index in [1.807, 2.05) is 42.5 Å². The van der Waals surface area contributed by atoms with E-state index < -0.39 is 0 Å². The molecule has 2 N–H and O–H groups in total. The molecule has 6 heteroatoms. The summed E-state index contributed by atoms with van der Waals surface area (Å²) in [5.74, 6) is 0.379. The predicted octanol–water partition coefficient (Wildman–Crippen LogP) is 5.18.